The van der Waals surface area contributed by atoms with Crippen LogP contribution in [0.15, 0.2) is 23.5 Å². The average Bonchev–Trinajstić information content (AvgIpc) is 3.09. The maximum atomic E-state index is 13.2. The van der Waals surface area contributed by atoms with Crippen LogP contribution >= 0.6 is 0 Å². The molecule has 2 aliphatic heterocycles. The van der Waals surface area contributed by atoms with E-state index in [9.17, 15) is 10.1 Å². The largest absolute Gasteiger partial charge is 0.381 e. The minimum absolute atomic E-state index is 0.116. The number of fused-ring (bicyclic) bond motifs is 1. The second-order valence-electron chi connectivity index (χ2n) is 8.98. The number of nitriles is 1. The average molecular weight is 421 g/mol. The summed E-state index contributed by atoms with van der Waals surface area (Å²) in [5.74, 6) is 0.458. The van der Waals surface area contributed by atoms with Crippen molar-refractivity contribution in [3.63, 3.8) is 0 Å². The van der Waals surface area contributed by atoms with Crippen molar-refractivity contribution in [2.75, 3.05) is 31.2 Å². The van der Waals surface area contributed by atoms with Crippen LogP contribution in [0.4, 0.5) is 17.3 Å². The number of hydrogen-bond acceptors (Lipinski definition) is 7. The summed E-state index contributed by atoms with van der Waals surface area (Å²) in [5.41, 5.74) is 7.56. The lowest BCUT2D eigenvalue weighted by Gasteiger charge is -2.30. The first-order valence-corrected chi connectivity index (χ1v) is 10.6. The number of carbonyl (C=O) groups is 1. The van der Waals surface area contributed by atoms with Crippen LogP contribution < -0.4 is 11.1 Å². The number of hydrogen-bond donors (Lipinski definition) is 2. The van der Waals surface area contributed by atoms with Gasteiger partial charge in [-0.2, -0.15) is 10.4 Å². The monoisotopic (exact) mass is 420 g/mol. The maximum absolute atomic E-state index is 13.2. The molecule has 0 aromatic carbocycles. The highest BCUT2D eigenvalue weighted by molar-refractivity contribution is 6.11. The fourth-order valence-corrected chi connectivity index (χ4v) is 4.21. The van der Waals surface area contributed by atoms with Gasteiger partial charge in [0.05, 0.1) is 29.9 Å². The molecule has 0 aliphatic carbocycles. The van der Waals surface area contributed by atoms with Crippen molar-refractivity contribution in [3.8, 4) is 6.07 Å². The predicted octanol–water partition coefficient (Wildman–Crippen LogP) is 2.80. The van der Waals surface area contributed by atoms with Crippen molar-refractivity contribution in [2.24, 2.45) is 16.3 Å². The summed E-state index contributed by atoms with van der Waals surface area (Å²) in [6.07, 6.45) is 7.25. The number of piperidine rings is 1. The number of nitrogen functional groups attached to an aromatic ring is 1. The van der Waals surface area contributed by atoms with Crippen LogP contribution in [-0.2, 0) is 6.54 Å². The maximum Gasteiger partial charge on any atom is 0.263 e. The van der Waals surface area contributed by atoms with Gasteiger partial charge < -0.3 is 16.0 Å². The number of aromatic nitrogens is 3. The van der Waals surface area contributed by atoms with Crippen LogP contribution in [0, 0.1) is 22.7 Å². The number of likely N-dealkylation sites (tertiary alicyclic amines) is 1. The van der Waals surface area contributed by atoms with Crippen molar-refractivity contribution < 1.29 is 4.79 Å². The Hall–Kier alpha value is -3.25. The Labute approximate surface area is 182 Å². The van der Waals surface area contributed by atoms with Gasteiger partial charge in [0, 0.05) is 18.3 Å². The van der Waals surface area contributed by atoms with Crippen molar-refractivity contribution >= 4 is 29.4 Å². The topological polar surface area (TPSA) is 125 Å². The van der Waals surface area contributed by atoms with Crippen molar-refractivity contribution in [2.45, 2.75) is 39.2 Å². The number of nitrogens with two attached hydrogens (primary N) is 1. The summed E-state index contributed by atoms with van der Waals surface area (Å²) in [7, 11) is 2.13. The Kier molecular flexibility index (Phi) is 5.50. The number of nitrogens with zero attached hydrogens (tertiary/aromatic N) is 6. The lowest BCUT2D eigenvalue weighted by molar-refractivity contribution is 0.102. The highest BCUT2D eigenvalue weighted by Gasteiger charge is 2.34. The molecule has 3 N–H and O–H groups in total. The lowest BCUT2D eigenvalue weighted by atomic mass is 9.80. The van der Waals surface area contributed by atoms with E-state index >= 15 is 0 Å². The first-order chi connectivity index (χ1) is 14.8. The van der Waals surface area contributed by atoms with Gasteiger partial charge in [-0.05, 0) is 64.4 Å². The molecule has 4 rings (SSSR count). The van der Waals surface area contributed by atoms with E-state index in [1.54, 1.807) is 23.3 Å². The minimum atomic E-state index is -0.594. The number of anilines is 2. The van der Waals surface area contributed by atoms with E-state index in [1.165, 1.54) is 0 Å². The van der Waals surface area contributed by atoms with Gasteiger partial charge in [0.1, 0.15) is 5.56 Å². The van der Waals surface area contributed by atoms with E-state index in [0.29, 0.717) is 24.0 Å². The molecule has 0 radical (unpaired) electrons. The summed E-state index contributed by atoms with van der Waals surface area (Å²) in [4.78, 5) is 24.2. The standard InChI is InChI=1S/C22H28N8O/c1-22(2,13-23)15-10-26-20-18(19(24)28-30(20)12-15)21(31)27-17-11-25-7-4-16(17)14-5-8-29(3)9-6-14/h4,7,10-11,14-15H,5-6,8-9,12H2,1-3H3,(H2,24,28)(H,27,31). The number of rotatable bonds is 4. The third-order valence-electron chi connectivity index (χ3n) is 6.40. The van der Waals surface area contributed by atoms with Crippen LogP contribution in [-0.4, -0.2) is 51.9 Å². The van der Waals surface area contributed by atoms with E-state index in [1.807, 2.05) is 19.9 Å². The highest BCUT2D eigenvalue weighted by atomic mass is 16.1. The van der Waals surface area contributed by atoms with Gasteiger partial charge >= 0.3 is 0 Å². The zero-order valence-corrected chi connectivity index (χ0v) is 18.2. The quantitative estimate of drug-likeness (QED) is 0.783. The molecule has 162 valence electrons. The molecular formula is C22H28N8O. The van der Waals surface area contributed by atoms with Gasteiger partial charge in [-0.15, -0.1) is 0 Å². The summed E-state index contributed by atoms with van der Waals surface area (Å²) >= 11 is 0. The molecule has 2 aliphatic rings. The van der Waals surface area contributed by atoms with Gasteiger partial charge in [0.25, 0.3) is 5.91 Å². The fourth-order valence-electron chi connectivity index (χ4n) is 4.21. The Morgan fingerprint density at radius 1 is 1.35 bits per heavy atom. The highest BCUT2D eigenvalue weighted by Crippen LogP contribution is 2.36. The lowest BCUT2D eigenvalue weighted by Crippen LogP contribution is -2.30. The van der Waals surface area contributed by atoms with Gasteiger partial charge in [0.2, 0.25) is 0 Å². The molecule has 9 heteroatoms. The fraction of sp³-hybridized carbons (Fsp3) is 0.500. The molecule has 1 unspecified atom stereocenters. The summed E-state index contributed by atoms with van der Waals surface area (Å²) < 4.78 is 1.62. The molecule has 1 atom stereocenters. The molecule has 31 heavy (non-hydrogen) atoms. The number of carbonyl (C=O) groups excluding carboxylic acids is 1. The summed E-state index contributed by atoms with van der Waals surface area (Å²) in [5, 5.41) is 16.7. The first kappa shape index (κ1) is 21.0. The molecule has 1 saturated heterocycles. The summed E-state index contributed by atoms with van der Waals surface area (Å²) in [6.45, 7) is 6.23. The van der Waals surface area contributed by atoms with Gasteiger partial charge in [0.15, 0.2) is 11.6 Å². The second kappa shape index (κ2) is 8.12. The predicted molar refractivity (Wildman–Crippen MR) is 119 cm³/mol. The molecule has 1 fully saturated rings. The van der Waals surface area contributed by atoms with Crippen molar-refractivity contribution in [3.05, 3.63) is 29.6 Å². The van der Waals surface area contributed by atoms with E-state index in [2.05, 4.69) is 38.4 Å². The SMILES string of the molecule is CN1CCC(c2ccncc2NC(=O)c2c(N)nn3c2N=CC(C(C)(C)C#N)C3)CC1. The Balaban J connectivity index is 1.58. The Morgan fingerprint density at radius 3 is 2.81 bits per heavy atom. The molecular weight excluding hydrogens is 392 g/mol. The van der Waals surface area contributed by atoms with Crippen molar-refractivity contribution in [1.82, 2.24) is 19.7 Å². The van der Waals surface area contributed by atoms with E-state index in [-0.39, 0.29) is 23.2 Å². The van der Waals surface area contributed by atoms with Crippen LogP contribution in [0.1, 0.15) is 48.5 Å². The third kappa shape index (κ3) is 4.03. The third-order valence-corrected chi connectivity index (χ3v) is 6.40. The molecule has 1 amide bonds. The second-order valence-corrected chi connectivity index (χ2v) is 8.98. The first-order valence-electron chi connectivity index (χ1n) is 10.6. The zero-order valence-electron chi connectivity index (χ0n) is 18.2. The Bertz CT molecular complexity index is 1060. The van der Waals surface area contributed by atoms with E-state index in [4.69, 9.17) is 5.73 Å². The van der Waals surface area contributed by atoms with Crippen LogP contribution in [0.3, 0.4) is 0 Å². The van der Waals surface area contributed by atoms with E-state index < -0.39 is 5.41 Å². The van der Waals surface area contributed by atoms with Crippen molar-refractivity contribution in [1.29, 1.82) is 5.26 Å². The zero-order chi connectivity index (χ0) is 22.2. The number of nitrogens with one attached hydrogen (secondary N) is 1. The molecule has 0 saturated carbocycles. The number of pyridine rings is 1. The van der Waals surface area contributed by atoms with Gasteiger partial charge in [-0.25, -0.2) is 9.67 Å². The summed E-state index contributed by atoms with van der Waals surface area (Å²) in [6, 6.07) is 4.29. The van der Waals surface area contributed by atoms with Crippen LogP contribution in [0.25, 0.3) is 0 Å². The normalized spacial score (nSPS) is 19.6. The smallest absolute Gasteiger partial charge is 0.263 e. The Morgan fingerprint density at radius 2 is 2.10 bits per heavy atom. The number of amides is 1. The minimum Gasteiger partial charge on any atom is -0.381 e. The van der Waals surface area contributed by atoms with Crippen LogP contribution in [0.5, 0.6) is 0 Å². The molecule has 2 aromatic heterocycles. The molecule has 9 nitrogen and oxygen atoms in total. The van der Waals surface area contributed by atoms with E-state index in [0.717, 1.165) is 31.5 Å². The molecule has 0 spiro atoms. The number of aliphatic imine (C=N–C) groups is 1. The van der Waals surface area contributed by atoms with Gasteiger partial charge in [-0.3, -0.25) is 9.78 Å². The molecule has 4 heterocycles. The van der Waals surface area contributed by atoms with Gasteiger partial charge in [-0.1, -0.05) is 0 Å². The molecule has 0 bridgehead atoms. The van der Waals surface area contributed by atoms with Crippen LogP contribution in [0.2, 0.25) is 0 Å². The molecule has 2 aromatic rings.